The third-order valence-corrected chi connectivity index (χ3v) is 5.45. The molecule has 3 N–H and O–H groups in total. The maximum absolute atomic E-state index is 12.4. The molecule has 4 rings (SSSR count). The minimum absolute atomic E-state index is 0.00663. The Morgan fingerprint density at radius 2 is 1.88 bits per heavy atom. The lowest BCUT2D eigenvalue weighted by molar-refractivity contribution is -0.135. The molecule has 0 spiro atoms. The van der Waals surface area contributed by atoms with Gasteiger partial charge in [0.05, 0.1) is 6.04 Å². The summed E-state index contributed by atoms with van der Waals surface area (Å²) in [6, 6.07) is 13.9. The Balaban J connectivity index is 1.45. The molecule has 0 radical (unpaired) electrons. The summed E-state index contributed by atoms with van der Waals surface area (Å²) in [5.74, 6) is -0.908. The topological polar surface area (TPSA) is 92.5 Å². The number of hydrogen-bond donors (Lipinski definition) is 2. The van der Waals surface area contributed by atoms with Gasteiger partial charge in [-0.15, -0.1) is 0 Å². The molecule has 2 aliphatic rings. The second-order valence-electron chi connectivity index (χ2n) is 7.23. The van der Waals surface area contributed by atoms with Crippen molar-refractivity contribution in [2.24, 2.45) is 11.1 Å². The monoisotopic (exact) mass is 351 g/mol. The van der Waals surface area contributed by atoms with Crippen LogP contribution < -0.4 is 11.1 Å². The normalized spacial score (nSPS) is 21.0. The van der Waals surface area contributed by atoms with Crippen molar-refractivity contribution in [3.05, 3.63) is 48.0 Å². The summed E-state index contributed by atoms with van der Waals surface area (Å²) in [5, 5.41) is 5.11. The molecule has 0 bridgehead atoms. The van der Waals surface area contributed by atoms with Crippen LogP contribution in [0.1, 0.15) is 24.8 Å². The lowest BCUT2D eigenvalue weighted by atomic mass is 10.0. The number of amides is 3. The molecule has 2 aromatic carbocycles. The minimum Gasteiger partial charge on any atom is -0.369 e. The van der Waals surface area contributed by atoms with E-state index in [0.717, 1.165) is 16.3 Å². The van der Waals surface area contributed by atoms with Gasteiger partial charge in [-0.3, -0.25) is 14.4 Å². The second kappa shape index (κ2) is 6.12. The van der Waals surface area contributed by atoms with E-state index in [1.165, 1.54) is 0 Å². The van der Waals surface area contributed by atoms with Crippen LogP contribution in [0.25, 0.3) is 10.8 Å². The molecule has 1 heterocycles. The van der Waals surface area contributed by atoms with E-state index in [-0.39, 0.29) is 24.3 Å². The van der Waals surface area contributed by atoms with Gasteiger partial charge in [0, 0.05) is 19.5 Å². The smallest absolute Gasteiger partial charge is 0.235 e. The molecule has 6 heteroatoms. The highest BCUT2D eigenvalue weighted by Gasteiger charge is 2.56. The summed E-state index contributed by atoms with van der Waals surface area (Å²) in [6.07, 6.45) is 1.24. The van der Waals surface area contributed by atoms with Crippen molar-refractivity contribution in [2.45, 2.75) is 31.8 Å². The Morgan fingerprint density at radius 1 is 1.15 bits per heavy atom. The lowest BCUT2D eigenvalue weighted by Gasteiger charge is -2.19. The van der Waals surface area contributed by atoms with Crippen LogP contribution in [0.5, 0.6) is 0 Å². The number of carbonyl (C=O) groups excluding carboxylic acids is 3. The molecule has 3 amide bonds. The van der Waals surface area contributed by atoms with Crippen molar-refractivity contribution in [1.29, 1.82) is 0 Å². The number of benzene rings is 2. The zero-order chi connectivity index (χ0) is 18.3. The maximum atomic E-state index is 12.4. The summed E-state index contributed by atoms with van der Waals surface area (Å²) in [5.41, 5.74) is 5.37. The van der Waals surface area contributed by atoms with E-state index in [4.69, 9.17) is 5.73 Å². The molecular weight excluding hydrogens is 330 g/mol. The fraction of sp³-hybridized carbons (Fsp3) is 0.350. The van der Waals surface area contributed by atoms with Crippen molar-refractivity contribution in [1.82, 2.24) is 10.2 Å². The van der Waals surface area contributed by atoms with Gasteiger partial charge in [0.2, 0.25) is 17.7 Å². The average molecular weight is 351 g/mol. The summed E-state index contributed by atoms with van der Waals surface area (Å²) in [6.45, 7) is 0.955. The Bertz CT molecular complexity index is 899. The number of fused-ring (bicyclic) bond motifs is 1. The summed E-state index contributed by atoms with van der Waals surface area (Å²) < 4.78 is 0. The van der Waals surface area contributed by atoms with E-state index in [1.807, 2.05) is 42.5 Å². The van der Waals surface area contributed by atoms with Crippen LogP contribution in [0.3, 0.4) is 0 Å². The van der Waals surface area contributed by atoms with E-state index in [9.17, 15) is 14.4 Å². The molecule has 1 atom stereocenters. The first kappa shape index (κ1) is 16.6. The van der Waals surface area contributed by atoms with Crippen molar-refractivity contribution in [2.75, 3.05) is 6.54 Å². The van der Waals surface area contributed by atoms with Crippen molar-refractivity contribution < 1.29 is 14.4 Å². The van der Waals surface area contributed by atoms with Gasteiger partial charge in [-0.1, -0.05) is 42.5 Å². The minimum atomic E-state index is -1.05. The van der Waals surface area contributed by atoms with Gasteiger partial charge in [0.1, 0.15) is 5.41 Å². The first-order valence-electron chi connectivity index (χ1n) is 8.85. The highest BCUT2D eigenvalue weighted by molar-refractivity contribution is 6.07. The molecule has 26 heavy (non-hydrogen) atoms. The van der Waals surface area contributed by atoms with Crippen LogP contribution >= 0.6 is 0 Å². The summed E-state index contributed by atoms with van der Waals surface area (Å²) in [7, 11) is 0. The van der Waals surface area contributed by atoms with E-state index in [2.05, 4.69) is 5.32 Å². The Morgan fingerprint density at radius 3 is 2.62 bits per heavy atom. The number of carbonyl (C=O) groups is 3. The quantitative estimate of drug-likeness (QED) is 0.796. The predicted octanol–water partition coefficient (Wildman–Crippen LogP) is 1.32. The number of nitrogens with zero attached hydrogens (tertiary/aromatic N) is 1. The van der Waals surface area contributed by atoms with Crippen molar-refractivity contribution in [3.63, 3.8) is 0 Å². The number of rotatable bonds is 5. The van der Waals surface area contributed by atoms with Crippen LogP contribution in [0, 0.1) is 5.41 Å². The maximum Gasteiger partial charge on any atom is 0.235 e. The highest BCUT2D eigenvalue weighted by Crippen LogP contribution is 2.45. The standard InChI is InChI=1S/C20H21N3O3/c21-18(25)20(8-9-20)19(26)22-15-10-17(24)23(12-15)11-14-6-3-5-13-4-1-2-7-16(13)14/h1-7,15H,8-12H2,(H2,21,25)(H,22,26)/t15-/m0/s1. The van der Waals surface area contributed by atoms with E-state index < -0.39 is 11.3 Å². The van der Waals surface area contributed by atoms with Crippen LogP contribution in [0.2, 0.25) is 0 Å². The van der Waals surface area contributed by atoms with E-state index in [0.29, 0.717) is 25.9 Å². The largest absolute Gasteiger partial charge is 0.369 e. The van der Waals surface area contributed by atoms with E-state index >= 15 is 0 Å². The van der Waals surface area contributed by atoms with Gasteiger partial charge >= 0.3 is 0 Å². The molecule has 1 saturated carbocycles. The molecule has 1 aliphatic heterocycles. The molecular formula is C20H21N3O3. The number of primary amides is 1. The fourth-order valence-electron chi connectivity index (χ4n) is 3.69. The molecule has 1 aliphatic carbocycles. The van der Waals surface area contributed by atoms with Crippen LogP contribution in [0.4, 0.5) is 0 Å². The lowest BCUT2D eigenvalue weighted by Crippen LogP contribution is -2.45. The van der Waals surface area contributed by atoms with Gasteiger partial charge in [-0.05, 0) is 29.2 Å². The molecule has 134 valence electrons. The second-order valence-corrected chi connectivity index (χ2v) is 7.23. The molecule has 0 unspecified atom stereocenters. The molecule has 2 aromatic rings. The Labute approximate surface area is 151 Å². The summed E-state index contributed by atoms with van der Waals surface area (Å²) in [4.78, 5) is 38.0. The van der Waals surface area contributed by atoms with Gasteiger partial charge in [-0.2, -0.15) is 0 Å². The zero-order valence-corrected chi connectivity index (χ0v) is 14.4. The third kappa shape index (κ3) is 2.81. The number of nitrogens with one attached hydrogen (secondary N) is 1. The van der Waals surface area contributed by atoms with Crippen molar-refractivity contribution >= 4 is 28.5 Å². The summed E-state index contributed by atoms with van der Waals surface area (Å²) >= 11 is 0. The Hall–Kier alpha value is -2.89. The highest BCUT2D eigenvalue weighted by atomic mass is 16.2. The van der Waals surface area contributed by atoms with Gasteiger partial charge in [0.15, 0.2) is 0 Å². The van der Waals surface area contributed by atoms with Crippen LogP contribution in [-0.4, -0.2) is 35.2 Å². The predicted molar refractivity (Wildman–Crippen MR) is 96.8 cm³/mol. The number of likely N-dealkylation sites (tertiary alicyclic amines) is 1. The van der Waals surface area contributed by atoms with Gasteiger partial charge in [-0.25, -0.2) is 0 Å². The molecule has 1 saturated heterocycles. The van der Waals surface area contributed by atoms with E-state index in [1.54, 1.807) is 4.90 Å². The zero-order valence-electron chi connectivity index (χ0n) is 14.4. The van der Waals surface area contributed by atoms with Crippen LogP contribution in [0.15, 0.2) is 42.5 Å². The van der Waals surface area contributed by atoms with Gasteiger partial charge in [0.25, 0.3) is 0 Å². The number of hydrogen-bond acceptors (Lipinski definition) is 3. The SMILES string of the molecule is NC(=O)C1(C(=O)N[C@H]2CC(=O)N(Cc3cccc4ccccc34)C2)CC1. The molecule has 0 aromatic heterocycles. The Kier molecular flexibility index (Phi) is 3.90. The first-order chi connectivity index (χ1) is 12.5. The average Bonchev–Trinajstić information content (AvgIpc) is 3.37. The fourth-order valence-corrected chi connectivity index (χ4v) is 3.69. The van der Waals surface area contributed by atoms with Gasteiger partial charge < -0.3 is 16.0 Å². The van der Waals surface area contributed by atoms with Crippen LogP contribution in [-0.2, 0) is 20.9 Å². The number of nitrogens with two attached hydrogens (primary N) is 1. The molecule has 2 fully saturated rings. The first-order valence-corrected chi connectivity index (χ1v) is 8.85. The third-order valence-electron chi connectivity index (χ3n) is 5.45. The van der Waals surface area contributed by atoms with Crippen molar-refractivity contribution in [3.8, 4) is 0 Å². The molecule has 6 nitrogen and oxygen atoms in total.